The average molecular weight is 806 g/mol. The van der Waals surface area contributed by atoms with Gasteiger partial charge >= 0.3 is 0 Å². The Labute approximate surface area is 364 Å². The molecule has 0 unspecified atom stereocenters. The summed E-state index contributed by atoms with van der Waals surface area (Å²) < 4.78 is 2.62. The molecule has 12 aromatic rings. The van der Waals surface area contributed by atoms with Gasteiger partial charge in [0.05, 0.1) is 5.69 Å². The maximum atomic E-state index is 2.44. The third kappa shape index (κ3) is 5.99. The molecule has 0 N–H and O–H groups in total. The molecule has 62 heavy (non-hydrogen) atoms. The molecular weight excluding hydrogens is 767 g/mol. The van der Waals surface area contributed by atoms with Crippen LogP contribution >= 0.6 is 11.3 Å². The number of hydrogen-bond acceptors (Lipinski definition) is 2. The van der Waals surface area contributed by atoms with Crippen LogP contribution in [-0.2, 0) is 0 Å². The van der Waals surface area contributed by atoms with Crippen molar-refractivity contribution in [3.05, 3.63) is 237 Å². The number of thiophene rings is 1. The molecule has 1 aromatic heterocycles. The van der Waals surface area contributed by atoms with Crippen molar-refractivity contribution in [3.8, 4) is 22.3 Å². The van der Waals surface area contributed by atoms with E-state index in [4.69, 9.17) is 0 Å². The zero-order valence-corrected chi connectivity index (χ0v) is 34.7. The molecule has 0 aliphatic rings. The van der Waals surface area contributed by atoms with Gasteiger partial charge in [0.15, 0.2) is 0 Å². The molecule has 11 aromatic carbocycles. The Morgan fingerprint density at radius 3 is 1.39 bits per heavy atom. The third-order valence-electron chi connectivity index (χ3n) is 12.5. The monoisotopic (exact) mass is 805 g/mol. The van der Waals surface area contributed by atoms with Crippen LogP contribution in [0.4, 0.5) is 17.1 Å². The maximum Gasteiger partial charge on any atom is 0.0540 e. The molecule has 0 bridgehead atoms. The van der Waals surface area contributed by atoms with Gasteiger partial charge in [-0.3, -0.25) is 0 Å². The molecule has 0 saturated heterocycles. The first-order valence-corrected chi connectivity index (χ1v) is 22.1. The van der Waals surface area contributed by atoms with Crippen LogP contribution in [0.1, 0.15) is 0 Å². The van der Waals surface area contributed by atoms with Crippen LogP contribution in [0.15, 0.2) is 237 Å². The summed E-state index contributed by atoms with van der Waals surface area (Å²) in [5.41, 5.74) is 8.03. The van der Waals surface area contributed by atoms with Crippen LogP contribution in [0.5, 0.6) is 0 Å². The predicted molar refractivity (Wildman–Crippen MR) is 270 cm³/mol. The van der Waals surface area contributed by atoms with Gasteiger partial charge < -0.3 is 4.90 Å². The number of anilines is 3. The minimum Gasteiger partial charge on any atom is -0.310 e. The summed E-state index contributed by atoms with van der Waals surface area (Å²) in [6.45, 7) is 0. The largest absolute Gasteiger partial charge is 0.310 e. The van der Waals surface area contributed by atoms with Gasteiger partial charge in [-0.05, 0) is 102 Å². The summed E-state index contributed by atoms with van der Waals surface area (Å²) in [6, 6.07) is 87.0. The molecule has 0 radical (unpaired) electrons. The van der Waals surface area contributed by atoms with Crippen LogP contribution in [0, 0.1) is 0 Å². The molecule has 12 rings (SSSR count). The summed E-state index contributed by atoms with van der Waals surface area (Å²) in [5, 5.41) is 14.9. The summed E-state index contributed by atoms with van der Waals surface area (Å²) in [6.07, 6.45) is 0. The van der Waals surface area contributed by atoms with Gasteiger partial charge in [0.25, 0.3) is 0 Å². The second-order valence-corrected chi connectivity index (χ2v) is 17.0. The Morgan fingerprint density at radius 2 is 0.710 bits per heavy atom. The highest BCUT2D eigenvalue weighted by atomic mass is 32.1. The maximum absolute atomic E-state index is 2.44. The van der Waals surface area contributed by atoms with E-state index >= 15 is 0 Å². The first-order valence-electron chi connectivity index (χ1n) is 21.3. The SMILES string of the molecule is c1ccc(-c2ccc(N(c3ccc4c(c3)c3ccccc3c3ccccc3c3ccccc3c3c4ccc4c5ccccc5sc43)c3ccccc3-c3ccccc3)cc2)cc1. The second-order valence-electron chi connectivity index (χ2n) is 16.0. The fraction of sp³-hybridized carbons (Fsp3) is 0. The summed E-state index contributed by atoms with van der Waals surface area (Å²) in [7, 11) is 0. The van der Waals surface area contributed by atoms with Gasteiger partial charge in [-0.2, -0.15) is 0 Å². The smallest absolute Gasteiger partial charge is 0.0540 e. The fourth-order valence-electron chi connectivity index (χ4n) is 9.64. The van der Waals surface area contributed by atoms with E-state index < -0.39 is 0 Å². The molecular formula is C60H39NS. The van der Waals surface area contributed by atoms with Crippen LogP contribution in [-0.4, -0.2) is 0 Å². The second kappa shape index (κ2) is 15.0. The molecule has 0 fully saturated rings. The average Bonchev–Trinajstić information content (AvgIpc) is 3.73. The van der Waals surface area contributed by atoms with E-state index in [9.17, 15) is 0 Å². The molecule has 1 heterocycles. The van der Waals surface area contributed by atoms with Crippen LogP contribution in [0.3, 0.4) is 0 Å². The van der Waals surface area contributed by atoms with Gasteiger partial charge in [0, 0.05) is 42.5 Å². The Kier molecular flexibility index (Phi) is 8.76. The number of rotatable bonds is 5. The summed E-state index contributed by atoms with van der Waals surface area (Å²) >= 11 is 1.90. The third-order valence-corrected chi connectivity index (χ3v) is 13.7. The number of nitrogens with zero attached hydrogens (tertiary/aromatic N) is 1. The van der Waals surface area contributed by atoms with Gasteiger partial charge in [-0.25, -0.2) is 0 Å². The van der Waals surface area contributed by atoms with Crippen molar-refractivity contribution >= 4 is 102 Å². The lowest BCUT2D eigenvalue weighted by Gasteiger charge is -2.28. The summed E-state index contributed by atoms with van der Waals surface area (Å²) in [5.74, 6) is 0. The van der Waals surface area contributed by atoms with E-state index in [1.807, 2.05) is 11.3 Å². The molecule has 0 aliphatic carbocycles. The molecule has 0 saturated carbocycles. The van der Waals surface area contributed by atoms with E-state index in [1.165, 1.54) is 96.3 Å². The fourth-order valence-corrected chi connectivity index (χ4v) is 10.9. The Hall–Kier alpha value is -7.78. The first-order chi connectivity index (χ1) is 30.8. The van der Waals surface area contributed by atoms with Crippen molar-refractivity contribution < 1.29 is 0 Å². The highest BCUT2D eigenvalue weighted by molar-refractivity contribution is 7.26. The van der Waals surface area contributed by atoms with Crippen molar-refractivity contribution in [1.82, 2.24) is 0 Å². The van der Waals surface area contributed by atoms with E-state index in [2.05, 4.69) is 241 Å². The molecule has 0 aliphatic heterocycles. The first kappa shape index (κ1) is 36.1. The molecule has 1 nitrogen and oxygen atoms in total. The number of para-hydroxylation sites is 1. The normalized spacial score (nSPS) is 11.5. The highest BCUT2D eigenvalue weighted by Gasteiger charge is 2.20. The van der Waals surface area contributed by atoms with Crippen molar-refractivity contribution in [2.75, 3.05) is 4.90 Å². The van der Waals surface area contributed by atoms with Gasteiger partial charge in [-0.1, -0.05) is 200 Å². The van der Waals surface area contributed by atoms with E-state index in [-0.39, 0.29) is 0 Å². The van der Waals surface area contributed by atoms with Crippen LogP contribution < -0.4 is 4.90 Å². The predicted octanol–water partition coefficient (Wildman–Crippen LogP) is 17.7. The molecule has 290 valence electrons. The molecule has 0 spiro atoms. The molecule has 2 heteroatoms. The topological polar surface area (TPSA) is 3.24 Å². The van der Waals surface area contributed by atoms with E-state index in [0.29, 0.717) is 0 Å². The van der Waals surface area contributed by atoms with Crippen molar-refractivity contribution in [2.24, 2.45) is 0 Å². The number of hydrogen-bond donors (Lipinski definition) is 0. The van der Waals surface area contributed by atoms with Crippen LogP contribution in [0.25, 0.3) is 96.3 Å². The van der Waals surface area contributed by atoms with Gasteiger partial charge in [-0.15, -0.1) is 11.3 Å². The van der Waals surface area contributed by atoms with Crippen molar-refractivity contribution in [3.63, 3.8) is 0 Å². The zero-order chi connectivity index (χ0) is 41.0. The molecule has 0 atom stereocenters. The van der Waals surface area contributed by atoms with E-state index in [0.717, 1.165) is 17.1 Å². The van der Waals surface area contributed by atoms with Crippen molar-refractivity contribution in [2.45, 2.75) is 0 Å². The van der Waals surface area contributed by atoms with E-state index in [1.54, 1.807) is 0 Å². The van der Waals surface area contributed by atoms with Crippen LogP contribution in [0.2, 0.25) is 0 Å². The Morgan fingerprint density at radius 1 is 0.274 bits per heavy atom. The zero-order valence-electron chi connectivity index (χ0n) is 33.9. The lowest BCUT2D eigenvalue weighted by molar-refractivity contribution is 1.29. The lowest BCUT2D eigenvalue weighted by atomic mass is 9.93. The number of benzene rings is 10. The van der Waals surface area contributed by atoms with Gasteiger partial charge in [0.2, 0.25) is 0 Å². The number of fused-ring (bicyclic) bond motifs is 14. The minimum absolute atomic E-state index is 1.09. The Balaban J connectivity index is 1.24. The highest BCUT2D eigenvalue weighted by Crippen LogP contribution is 2.46. The standard InChI is InChI=1S/C60H39NS/c1-3-17-40(18-4-1)41-31-33-43(34-32-41)61(57-29-15-13-21-45(57)42-19-5-2-6-20-42)44-35-36-51-54-37-38-55-52-27-14-16-30-58(52)62-60(55)59(54)53-28-12-11-25-49(53)47-23-8-7-22-46(47)48-24-9-10-26-50(48)56(51)39-44/h1-39H. The van der Waals surface area contributed by atoms with Crippen molar-refractivity contribution in [1.29, 1.82) is 0 Å². The Bertz CT molecular complexity index is 3740. The van der Waals surface area contributed by atoms with Gasteiger partial charge in [0.1, 0.15) is 0 Å². The lowest BCUT2D eigenvalue weighted by Crippen LogP contribution is -2.11. The molecule has 0 amide bonds. The quantitative estimate of drug-likeness (QED) is 0.167. The summed E-state index contributed by atoms with van der Waals surface area (Å²) in [4.78, 5) is 2.44. The minimum atomic E-state index is 1.09.